The second kappa shape index (κ2) is 8.44. The molecule has 0 aliphatic heterocycles. The zero-order chi connectivity index (χ0) is 21.9. The van der Waals surface area contributed by atoms with E-state index in [0.717, 1.165) is 22.5 Å². The molecule has 0 saturated heterocycles. The summed E-state index contributed by atoms with van der Waals surface area (Å²) in [6, 6.07) is 28.6. The molecule has 0 fully saturated rings. The lowest BCUT2D eigenvalue weighted by atomic mass is 10.1. The number of hydrogen-bond donors (Lipinski definition) is 2. The minimum Gasteiger partial charge on any atom is -0.267 e. The molecule has 7 nitrogen and oxygen atoms in total. The van der Waals surface area contributed by atoms with Gasteiger partial charge >= 0.3 is 0 Å². The fourth-order valence-corrected chi connectivity index (χ4v) is 3.57. The van der Waals surface area contributed by atoms with Crippen LogP contribution in [0.3, 0.4) is 0 Å². The number of carbonyl (C=O) groups is 1. The summed E-state index contributed by atoms with van der Waals surface area (Å²) in [6.07, 6.45) is 1.88. The summed E-state index contributed by atoms with van der Waals surface area (Å²) in [7, 11) is 0. The molecule has 2 heterocycles. The third-order valence-corrected chi connectivity index (χ3v) is 5.22. The summed E-state index contributed by atoms with van der Waals surface area (Å²) in [6.45, 7) is 0. The molecule has 8 heteroatoms. The molecule has 0 spiro atoms. The van der Waals surface area contributed by atoms with Crippen molar-refractivity contribution in [1.29, 1.82) is 0 Å². The van der Waals surface area contributed by atoms with Crippen molar-refractivity contribution in [3.63, 3.8) is 0 Å². The van der Waals surface area contributed by atoms with Crippen molar-refractivity contribution in [1.82, 2.24) is 24.7 Å². The summed E-state index contributed by atoms with van der Waals surface area (Å²) in [5, 5.41) is 12.0. The zero-order valence-electron chi connectivity index (χ0n) is 16.8. The van der Waals surface area contributed by atoms with Crippen LogP contribution in [0.5, 0.6) is 0 Å². The Hall–Kier alpha value is -4.30. The minimum atomic E-state index is -0.291. The van der Waals surface area contributed by atoms with Gasteiger partial charge in [0.2, 0.25) is 4.77 Å². The maximum atomic E-state index is 12.8. The highest BCUT2D eigenvalue weighted by Gasteiger charge is 2.20. The first kappa shape index (κ1) is 19.7. The van der Waals surface area contributed by atoms with Crippen molar-refractivity contribution >= 4 is 18.1 Å². The highest BCUT2D eigenvalue weighted by atomic mass is 32.1. The van der Waals surface area contributed by atoms with Gasteiger partial charge in [-0.15, -0.1) is 0 Å². The Labute approximate surface area is 188 Å². The maximum absolute atomic E-state index is 12.8. The summed E-state index contributed by atoms with van der Waals surface area (Å²) >= 11 is 5.40. The van der Waals surface area contributed by atoms with Crippen molar-refractivity contribution in [2.75, 3.05) is 5.43 Å². The Morgan fingerprint density at radius 3 is 2.19 bits per heavy atom. The van der Waals surface area contributed by atoms with E-state index in [4.69, 9.17) is 17.3 Å². The smallest absolute Gasteiger partial charge is 0.267 e. The number of amides is 1. The number of nitrogens with one attached hydrogen (secondary N) is 2. The molecule has 0 unspecified atom stereocenters. The second-order valence-corrected chi connectivity index (χ2v) is 7.42. The van der Waals surface area contributed by atoms with E-state index < -0.39 is 0 Å². The number of carbonyl (C=O) groups excluding carboxylic acids is 1. The van der Waals surface area contributed by atoms with Gasteiger partial charge in [-0.1, -0.05) is 66.7 Å². The molecular weight excluding hydrogens is 420 g/mol. The average Bonchev–Trinajstić information content (AvgIpc) is 3.45. The van der Waals surface area contributed by atoms with Crippen molar-refractivity contribution < 1.29 is 4.79 Å². The first-order valence-corrected chi connectivity index (χ1v) is 10.4. The molecule has 0 bridgehead atoms. The predicted molar refractivity (Wildman–Crippen MR) is 126 cm³/mol. The second-order valence-electron chi connectivity index (χ2n) is 7.03. The number of H-pyrrole nitrogens is 1. The number of nitrogens with zero attached hydrogens (tertiary/aromatic N) is 4. The average molecular weight is 439 g/mol. The Balaban J connectivity index is 1.63. The van der Waals surface area contributed by atoms with Gasteiger partial charge in [0, 0.05) is 17.3 Å². The Morgan fingerprint density at radius 2 is 1.50 bits per heavy atom. The topological polar surface area (TPSA) is 80.5 Å². The fraction of sp³-hybridized carbons (Fsp3) is 0. The number of hydrogen-bond acceptors (Lipinski definition) is 4. The van der Waals surface area contributed by atoms with E-state index in [-0.39, 0.29) is 10.7 Å². The molecule has 2 aromatic heterocycles. The molecule has 156 valence electrons. The molecule has 0 radical (unpaired) electrons. The first-order valence-electron chi connectivity index (χ1n) is 9.95. The lowest BCUT2D eigenvalue weighted by molar-refractivity contribution is 0.101. The molecule has 0 aliphatic rings. The van der Waals surface area contributed by atoms with Crippen LogP contribution in [0.15, 0.2) is 97.2 Å². The van der Waals surface area contributed by atoms with Gasteiger partial charge in [-0.3, -0.25) is 10.2 Å². The highest BCUT2D eigenvalue weighted by Crippen LogP contribution is 2.30. The number of aromatic amines is 1. The van der Waals surface area contributed by atoms with Crippen LogP contribution in [-0.4, -0.2) is 30.6 Å². The number of rotatable bonds is 5. The maximum Gasteiger partial charge on any atom is 0.270 e. The van der Waals surface area contributed by atoms with E-state index in [1.165, 1.54) is 4.68 Å². The van der Waals surface area contributed by atoms with Crippen LogP contribution in [0.25, 0.3) is 28.3 Å². The normalized spacial score (nSPS) is 10.8. The Bertz CT molecular complexity index is 1420. The Morgan fingerprint density at radius 1 is 0.875 bits per heavy atom. The molecule has 1 amide bonds. The number of benzene rings is 3. The van der Waals surface area contributed by atoms with Gasteiger partial charge in [-0.25, -0.2) is 14.5 Å². The fourth-order valence-electron chi connectivity index (χ4n) is 3.40. The van der Waals surface area contributed by atoms with Gasteiger partial charge in [0.05, 0.1) is 11.3 Å². The summed E-state index contributed by atoms with van der Waals surface area (Å²) in [5.74, 6) is 0.168. The molecular formula is C24H18N6OS. The van der Waals surface area contributed by atoms with Crippen LogP contribution in [0.2, 0.25) is 0 Å². The van der Waals surface area contributed by atoms with Gasteiger partial charge < -0.3 is 0 Å². The van der Waals surface area contributed by atoms with Gasteiger partial charge in [0.15, 0.2) is 5.82 Å². The van der Waals surface area contributed by atoms with Gasteiger partial charge in [-0.2, -0.15) is 10.2 Å². The van der Waals surface area contributed by atoms with Crippen LogP contribution in [0.4, 0.5) is 0 Å². The van der Waals surface area contributed by atoms with Crippen LogP contribution in [0.1, 0.15) is 10.4 Å². The molecule has 0 atom stereocenters. The molecule has 5 aromatic rings. The lowest BCUT2D eigenvalue weighted by Gasteiger charge is -2.09. The minimum absolute atomic E-state index is 0.274. The quantitative estimate of drug-likeness (QED) is 0.385. The lowest BCUT2D eigenvalue weighted by Crippen LogP contribution is -2.23. The van der Waals surface area contributed by atoms with E-state index in [2.05, 4.69) is 15.6 Å². The monoisotopic (exact) mass is 438 g/mol. The van der Waals surface area contributed by atoms with Crippen LogP contribution in [-0.2, 0) is 0 Å². The predicted octanol–water partition coefficient (Wildman–Crippen LogP) is 4.84. The third-order valence-electron chi connectivity index (χ3n) is 4.94. The van der Waals surface area contributed by atoms with E-state index in [1.54, 1.807) is 16.8 Å². The third kappa shape index (κ3) is 3.75. The van der Waals surface area contributed by atoms with Gasteiger partial charge in [-0.05, 0) is 36.5 Å². The van der Waals surface area contributed by atoms with Crippen LogP contribution < -0.4 is 5.43 Å². The molecule has 0 saturated carbocycles. The van der Waals surface area contributed by atoms with Gasteiger partial charge in [0.1, 0.15) is 5.69 Å². The van der Waals surface area contributed by atoms with Crippen LogP contribution in [0, 0.1) is 4.77 Å². The molecule has 0 aliphatic carbocycles. The van der Waals surface area contributed by atoms with Crippen molar-refractivity contribution in [3.8, 4) is 28.3 Å². The van der Waals surface area contributed by atoms with Crippen molar-refractivity contribution in [2.24, 2.45) is 0 Å². The molecule has 32 heavy (non-hydrogen) atoms. The first-order chi connectivity index (χ1) is 15.7. The van der Waals surface area contributed by atoms with Crippen LogP contribution >= 0.6 is 12.2 Å². The van der Waals surface area contributed by atoms with Gasteiger partial charge in [0.25, 0.3) is 5.91 Å². The number of para-hydroxylation sites is 1. The zero-order valence-corrected chi connectivity index (χ0v) is 17.7. The largest absolute Gasteiger partial charge is 0.270 e. The highest BCUT2D eigenvalue weighted by molar-refractivity contribution is 7.71. The Kier molecular flexibility index (Phi) is 5.19. The van der Waals surface area contributed by atoms with E-state index in [9.17, 15) is 4.79 Å². The van der Waals surface area contributed by atoms with E-state index >= 15 is 0 Å². The molecule has 2 N–H and O–H groups in total. The summed E-state index contributed by atoms with van der Waals surface area (Å²) in [5.41, 5.74) is 6.64. The van der Waals surface area contributed by atoms with E-state index in [1.807, 2.05) is 85.1 Å². The standard InChI is InChI=1S/C24H18N6OS/c31-23(18-12-6-2-7-13-18)28-30-22(25-26-24(30)32)20-16-29(19-14-8-3-9-15-19)27-21(20)17-10-4-1-5-11-17/h1-16H,(H,26,32)(H,28,31). The SMILES string of the molecule is O=C(Nn1c(-c2cn(-c3ccccc3)nc2-c2ccccc2)n[nH]c1=S)c1ccccc1. The number of aromatic nitrogens is 5. The summed E-state index contributed by atoms with van der Waals surface area (Å²) < 4.78 is 3.54. The van der Waals surface area contributed by atoms with E-state index in [0.29, 0.717) is 11.4 Å². The van der Waals surface area contributed by atoms with Crippen molar-refractivity contribution in [2.45, 2.75) is 0 Å². The van der Waals surface area contributed by atoms with Crippen molar-refractivity contribution in [3.05, 3.63) is 108 Å². The summed E-state index contributed by atoms with van der Waals surface area (Å²) in [4.78, 5) is 12.8. The molecule has 5 rings (SSSR count). The molecule has 3 aromatic carbocycles.